The molecule has 0 heterocycles. The Kier molecular flexibility index (Phi) is 4.37. The summed E-state index contributed by atoms with van der Waals surface area (Å²) in [5.74, 6) is -1.80. The Morgan fingerprint density at radius 3 is 2.33 bits per heavy atom. The Labute approximate surface area is 111 Å². The lowest BCUT2D eigenvalue weighted by Gasteiger charge is -2.34. The normalized spacial score (nSPS) is 18.4. The number of likely N-dealkylation sites (N-methyl/N-ethyl adjacent to an activating group) is 1. The summed E-state index contributed by atoms with van der Waals surface area (Å²) in [7, 11) is 0. The standard InChI is InChI=1S/C15H23NO2/c1-5-16(6-2)14(17)15(4,18)12(3)13-10-8-7-9-11-13/h7-12,18H,5-6H2,1-4H3/i12D. The third-order valence-electron chi connectivity index (χ3n) is 3.40. The summed E-state index contributed by atoms with van der Waals surface area (Å²) in [5, 5.41) is 10.6. The number of carbonyl (C=O) groups is 1. The monoisotopic (exact) mass is 250 g/mol. The highest BCUT2D eigenvalue weighted by Crippen LogP contribution is 2.29. The smallest absolute Gasteiger partial charge is 0.254 e. The minimum absolute atomic E-state index is 0.404. The minimum atomic E-state index is -1.76. The molecule has 1 amide bonds. The van der Waals surface area contributed by atoms with Crippen LogP contribution in [-0.2, 0) is 4.79 Å². The van der Waals surface area contributed by atoms with E-state index in [1.807, 2.05) is 19.9 Å². The van der Waals surface area contributed by atoms with Crippen LogP contribution in [0.4, 0.5) is 0 Å². The van der Waals surface area contributed by atoms with Gasteiger partial charge in [-0.2, -0.15) is 0 Å². The molecular formula is C15H23NO2. The Bertz CT molecular complexity index is 425. The predicted octanol–water partition coefficient (Wildman–Crippen LogP) is 2.41. The van der Waals surface area contributed by atoms with Gasteiger partial charge in [0.15, 0.2) is 0 Å². The van der Waals surface area contributed by atoms with Crippen LogP contribution in [-0.4, -0.2) is 34.6 Å². The van der Waals surface area contributed by atoms with Crippen molar-refractivity contribution in [2.24, 2.45) is 0 Å². The van der Waals surface area contributed by atoms with Crippen LogP contribution >= 0.6 is 0 Å². The molecule has 1 aromatic rings. The van der Waals surface area contributed by atoms with E-state index in [0.717, 1.165) is 0 Å². The first kappa shape index (κ1) is 13.1. The number of hydrogen-bond donors (Lipinski definition) is 1. The number of hydrogen-bond acceptors (Lipinski definition) is 2. The second-order valence-electron chi connectivity index (χ2n) is 4.54. The molecule has 3 nitrogen and oxygen atoms in total. The molecule has 0 aliphatic heterocycles. The zero-order chi connectivity index (χ0) is 14.7. The van der Waals surface area contributed by atoms with Gasteiger partial charge in [-0.3, -0.25) is 4.79 Å². The van der Waals surface area contributed by atoms with Gasteiger partial charge < -0.3 is 10.0 Å². The molecule has 1 aromatic carbocycles. The molecule has 1 rings (SSSR count). The molecule has 0 fully saturated rings. The van der Waals surface area contributed by atoms with Crippen molar-refractivity contribution in [3.63, 3.8) is 0 Å². The Morgan fingerprint density at radius 1 is 1.39 bits per heavy atom. The van der Waals surface area contributed by atoms with Crippen LogP contribution in [0.25, 0.3) is 0 Å². The second-order valence-corrected chi connectivity index (χ2v) is 4.54. The van der Waals surface area contributed by atoms with Crippen molar-refractivity contribution in [3.05, 3.63) is 35.9 Å². The maximum Gasteiger partial charge on any atom is 0.254 e. The average Bonchev–Trinajstić information content (AvgIpc) is 2.40. The molecule has 0 saturated heterocycles. The summed E-state index contributed by atoms with van der Waals surface area (Å²) in [6, 6.07) is 8.98. The Hall–Kier alpha value is -1.35. The Morgan fingerprint density at radius 2 is 1.89 bits per heavy atom. The van der Waals surface area contributed by atoms with Crippen molar-refractivity contribution >= 4 is 5.91 Å². The number of nitrogens with zero attached hydrogens (tertiary/aromatic N) is 1. The van der Waals surface area contributed by atoms with Gasteiger partial charge >= 0.3 is 0 Å². The van der Waals surface area contributed by atoms with Gasteiger partial charge in [-0.25, -0.2) is 0 Å². The second kappa shape index (κ2) is 6.01. The SMILES string of the molecule is [2H]C(C)(c1ccccc1)C(C)(O)C(=O)N(CC)CC. The predicted molar refractivity (Wildman–Crippen MR) is 73.4 cm³/mol. The van der Waals surface area contributed by atoms with Gasteiger partial charge in [0.05, 0.1) is 0 Å². The molecule has 0 aliphatic rings. The van der Waals surface area contributed by atoms with Crippen LogP contribution in [0.2, 0.25) is 0 Å². The summed E-state index contributed by atoms with van der Waals surface area (Å²) in [6.07, 6.45) is 0. The van der Waals surface area contributed by atoms with E-state index in [1.54, 1.807) is 36.1 Å². The first-order chi connectivity index (χ1) is 8.79. The largest absolute Gasteiger partial charge is 0.380 e. The van der Waals surface area contributed by atoms with Crippen LogP contribution < -0.4 is 0 Å². The number of amides is 1. The van der Waals surface area contributed by atoms with Crippen LogP contribution in [0, 0.1) is 0 Å². The van der Waals surface area contributed by atoms with E-state index >= 15 is 0 Å². The lowest BCUT2D eigenvalue weighted by Crippen LogP contribution is -2.50. The average molecular weight is 250 g/mol. The molecule has 18 heavy (non-hydrogen) atoms. The molecule has 100 valence electrons. The van der Waals surface area contributed by atoms with E-state index in [-0.39, 0.29) is 0 Å². The van der Waals surface area contributed by atoms with E-state index in [2.05, 4.69) is 0 Å². The topological polar surface area (TPSA) is 40.5 Å². The highest BCUT2D eigenvalue weighted by Gasteiger charge is 2.39. The van der Waals surface area contributed by atoms with Gasteiger partial charge in [-0.05, 0) is 26.3 Å². The molecular weight excluding hydrogens is 226 g/mol. The van der Waals surface area contributed by atoms with Crippen molar-refractivity contribution in [1.82, 2.24) is 4.90 Å². The molecule has 3 heteroatoms. The zero-order valence-corrected chi connectivity index (χ0v) is 11.6. The van der Waals surface area contributed by atoms with Crippen molar-refractivity contribution in [1.29, 1.82) is 0 Å². The van der Waals surface area contributed by atoms with Gasteiger partial charge in [0.2, 0.25) is 0 Å². The third kappa shape index (κ3) is 2.91. The molecule has 2 atom stereocenters. The van der Waals surface area contributed by atoms with Crippen LogP contribution in [0.1, 0.15) is 40.5 Å². The van der Waals surface area contributed by atoms with Gasteiger partial charge in [-0.1, -0.05) is 37.3 Å². The van der Waals surface area contributed by atoms with Gasteiger partial charge in [0.1, 0.15) is 5.60 Å². The summed E-state index contributed by atoms with van der Waals surface area (Å²) in [5.41, 5.74) is -1.14. The highest BCUT2D eigenvalue weighted by atomic mass is 16.3. The number of rotatable bonds is 5. The highest BCUT2D eigenvalue weighted by molar-refractivity contribution is 5.85. The lowest BCUT2D eigenvalue weighted by molar-refractivity contribution is -0.151. The van der Waals surface area contributed by atoms with Gasteiger partial charge in [0, 0.05) is 20.4 Å². The fourth-order valence-electron chi connectivity index (χ4n) is 1.95. The van der Waals surface area contributed by atoms with E-state index in [1.165, 1.54) is 6.92 Å². The molecule has 0 saturated carbocycles. The molecule has 0 radical (unpaired) electrons. The maximum absolute atomic E-state index is 12.4. The van der Waals surface area contributed by atoms with E-state index in [0.29, 0.717) is 18.7 Å². The lowest BCUT2D eigenvalue weighted by atomic mass is 9.84. The van der Waals surface area contributed by atoms with Crippen LogP contribution in [0.15, 0.2) is 30.3 Å². The fourth-order valence-corrected chi connectivity index (χ4v) is 1.95. The summed E-state index contributed by atoms with van der Waals surface area (Å²) < 4.78 is 8.45. The molecule has 0 aromatic heterocycles. The maximum atomic E-state index is 12.4. The molecule has 1 N–H and O–H groups in total. The van der Waals surface area contributed by atoms with Crippen molar-refractivity contribution < 1.29 is 11.3 Å². The van der Waals surface area contributed by atoms with Crippen LogP contribution in [0.5, 0.6) is 0 Å². The minimum Gasteiger partial charge on any atom is -0.380 e. The summed E-state index contributed by atoms with van der Waals surface area (Å²) in [4.78, 5) is 14.0. The number of aliphatic hydroxyl groups is 1. The summed E-state index contributed by atoms with van der Waals surface area (Å²) in [6.45, 7) is 7.77. The van der Waals surface area contributed by atoms with E-state index in [4.69, 9.17) is 1.37 Å². The third-order valence-corrected chi connectivity index (χ3v) is 3.40. The quantitative estimate of drug-likeness (QED) is 0.871. The van der Waals surface area contributed by atoms with Gasteiger partial charge in [-0.15, -0.1) is 0 Å². The van der Waals surface area contributed by atoms with Crippen molar-refractivity contribution in [2.45, 2.75) is 39.2 Å². The first-order valence-corrected chi connectivity index (χ1v) is 6.36. The molecule has 0 aliphatic carbocycles. The fraction of sp³-hybridized carbons (Fsp3) is 0.533. The molecule has 0 spiro atoms. The van der Waals surface area contributed by atoms with Gasteiger partial charge in [0.25, 0.3) is 5.91 Å². The summed E-state index contributed by atoms with van der Waals surface area (Å²) >= 11 is 0. The van der Waals surface area contributed by atoms with E-state index in [9.17, 15) is 9.90 Å². The van der Waals surface area contributed by atoms with Crippen molar-refractivity contribution in [3.8, 4) is 0 Å². The zero-order valence-electron chi connectivity index (χ0n) is 12.6. The molecule has 0 bridgehead atoms. The number of benzene rings is 1. The van der Waals surface area contributed by atoms with Crippen molar-refractivity contribution in [2.75, 3.05) is 13.1 Å². The Balaban J connectivity index is 3.14. The number of carbonyl (C=O) groups excluding carboxylic acids is 1. The van der Waals surface area contributed by atoms with E-state index < -0.39 is 17.4 Å². The first-order valence-electron chi connectivity index (χ1n) is 6.86. The molecule has 2 unspecified atom stereocenters. The van der Waals surface area contributed by atoms with Crippen LogP contribution in [0.3, 0.4) is 0 Å².